The Morgan fingerprint density at radius 3 is 2.30 bits per heavy atom. The predicted molar refractivity (Wildman–Crippen MR) is 148 cm³/mol. The molecule has 0 radical (unpaired) electrons. The molecule has 1 N–H and O–H groups in total. The van der Waals surface area contributed by atoms with E-state index >= 15 is 0 Å². The molecule has 2 amide bonds. The molecule has 3 rings (SSSR count). The van der Waals surface area contributed by atoms with Crippen molar-refractivity contribution >= 4 is 23.6 Å². The van der Waals surface area contributed by atoms with Gasteiger partial charge in [-0.2, -0.15) is 0 Å². The van der Waals surface area contributed by atoms with Crippen molar-refractivity contribution in [2.45, 2.75) is 51.1 Å². The lowest BCUT2D eigenvalue weighted by Crippen LogP contribution is -2.52. The summed E-state index contributed by atoms with van der Waals surface area (Å²) in [6, 6.07) is 22.9. The van der Waals surface area contributed by atoms with Crippen LogP contribution in [0, 0.1) is 5.82 Å². The van der Waals surface area contributed by atoms with Crippen LogP contribution in [0.5, 0.6) is 5.75 Å². The van der Waals surface area contributed by atoms with E-state index in [0.29, 0.717) is 17.7 Å². The first-order valence-electron chi connectivity index (χ1n) is 12.5. The molecular formula is C30H35FN2O3S. The van der Waals surface area contributed by atoms with E-state index in [1.807, 2.05) is 68.4 Å². The standard InChI is InChI=1S/C30H35FN2O3S/c1-4-22(2)32-30(35)28(18-23-10-6-5-7-11-23)33(19-25-12-8-9-13-27(25)31)29(34)21-37-20-24-14-16-26(36-3)17-15-24/h5-17,22,28H,4,18-21H2,1-3H3,(H,32,35)/t22-,28-/m1/s1. The number of thioether (sulfide) groups is 1. The summed E-state index contributed by atoms with van der Waals surface area (Å²) >= 11 is 1.47. The van der Waals surface area contributed by atoms with Crippen molar-refractivity contribution in [3.05, 3.63) is 101 Å². The summed E-state index contributed by atoms with van der Waals surface area (Å²) in [5.41, 5.74) is 2.38. The van der Waals surface area contributed by atoms with Gasteiger partial charge in [-0.15, -0.1) is 11.8 Å². The Morgan fingerprint density at radius 2 is 1.65 bits per heavy atom. The molecule has 0 aromatic heterocycles. The molecule has 0 fully saturated rings. The van der Waals surface area contributed by atoms with Gasteiger partial charge < -0.3 is 15.0 Å². The van der Waals surface area contributed by atoms with Crippen LogP contribution in [0.2, 0.25) is 0 Å². The average Bonchev–Trinajstić information content (AvgIpc) is 2.92. The maximum Gasteiger partial charge on any atom is 0.243 e. The van der Waals surface area contributed by atoms with Gasteiger partial charge >= 0.3 is 0 Å². The van der Waals surface area contributed by atoms with Crippen molar-refractivity contribution in [2.24, 2.45) is 0 Å². The van der Waals surface area contributed by atoms with Gasteiger partial charge in [-0.25, -0.2) is 4.39 Å². The average molecular weight is 523 g/mol. The normalized spacial score (nSPS) is 12.4. The third-order valence-corrected chi connectivity index (χ3v) is 7.21. The Bertz CT molecular complexity index is 1140. The number of hydrogen-bond acceptors (Lipinski definition) is 4. The highest BCUT2D eigenvalue weighted by Crippen LogP contribution is 2.21. The lowest BCUT2D eigenvalue weighted by atomic mass is 10.0. The maximum absolute atomic E-state index is 14.7. The molecule has 2 atom stereocenters. The number of nitrogens with zero attached hydrogens (tertiary/aromatic N) is 1. The largest absolute Gasteiger partial charge is 0.497 e. The minimum Gasteiger partial charge on any atom is -0.497 e. The molecule has 0 aliphatic rings. The third kappa shape index (κ3) is 8.64. The smallest absolute Gasteiger partial charge is 0.243 e. The lowest BCUT2D eigenvalue weighted by Gasteiger charge is -2.32. The first-order chi connectivity index (χ1) is 17.9. The van der Waals surface area contributed by atoms with E-state index in [0.717, 1.165) is 23.3 Å². The minimum atomic E-state index is -0.773. The second-order valence-electron chi connectivity index (χ2n) is 8.98. The van der Waals surface area contributed by atoms with Gasteiger partial charge in [0.1, 0.15) is 17.6 Å². The van der Waals surface area contributed by atoms with Crippen molar-refractivity contribution < 1.29 is 18.7 Å². The Balaban J connectivity index is 1.84. The first kappa shape index (κ1) is 28.3. The van der Waals surface area contributed by atoms with Gasteiger partial charge in [-0.3, -0.25) is 9.59 Å². The van der Waals surface area contributed by atoms with E-state index in [2.05, 4.69) is 5.32 Å². The van der Waals surface area contributed by atoms with E-state index in [1.54, 1.807) is 25.3 Å². The number of methoxy groups -OCH3 is 1. The number of nitrogens with one attached hydrogen (secondary N) is 1. The molecule has 37 heavy (non-hydrogen) atoms. The fourth-order valence-electron chi connectivity index (χ4n) is 3.87. The molecule has 0 heterocycles. The van der Waals surface area contributed by atoms with Crippen molar-refractivity contribution in [1.82, 2.24) is 10.2 Å². The van der Waals surface area contributed by atoms with Crippen LogP contribution in [0.4, 0.5) is 4.39 Å². The van der Waals surface area contributed by atoms with Crippen LogP contribution in [0.25, 0.3) is 0 Å². The van der Waals surface area contributed by atoms with Gasteiger partial charge in [0.05, 0.1) is 12.9 Å². The van der Waals surface area contributed by atoms with E-state index < -0.39 is 11.9 Å². The fraction of sp³-hybridized carbons (Fsp3) is 0.333. The number of hydrogen-bond donors (Lipinski definition) is 1. The number of rotatable bonds is 13. The number of carbonyl (C=O) groups excluding carboxylic acids is 2. The number of halogens is 1. The van der Waals surface area contributed by atoms with Gasteiger partial charge in [-0.1, -0.05) is 67.6 Å². The molecule has 3 aromatic carbocycles. The molecule has 7 heteroatoms. The first-order valence-corrected chi connectivity index (χ1v) is 13.6. The number of amides is 2. The summed E-state index contributed by atoms with van der Waals surface area (Å²) in [6.45, 7) is 3.94. The molecule has 0 saturated carbocycles. The summed E-state index contributed by atoms with van der Waals surface area (Å²) in [7, 11) is 1.62. The van der Waals surface area contributed by atoms with E-state index in [1.165, 1.54) is 22.7 Å². The molecule has 5 nitrogen and oxygen atoms in total. The van der Waals surface area contributed by atoms with E-state index in [4.69, 9.17) is 4.74 Å². The Labute approximate surface area is 223 Å². The summed E-state index contributed by atoms with van der Waals surface area (Å²) in [5.74, 6) is 0.739. The van der Waals surface area contributed by atoms with Gasteiger partial charge in [0.2, 0.25) is 11.8 Å². The van der Waals surface area contributed by atoms with Gasteiger partial charge in [0.15, 0.2) is 0 Å². The Morgan fingerprint density at radius 1 is 0.973 bits per heavy atom. The highest BCUT2D eigenvalue weighted by Gasteiger charge is 2.31. The van der Waals surface area contributed by atoms with Crippen molar-refractivity contribution in [2.75, 3.05) is 12.9 Å². The molecule has 3 aromatic rings. The van der Waals surface area contributed by atoms with Crippen LogP contribution in [0.3, 0.4) is 0 Å². The maximum atomic E-state index is 14.7. The lowest BCUT2D eigenvalue weighted by molar-refractivity contribution is -0.139. The zero-order chi connectivity index (χ0) is 26.6. The molecule has 196 valence electrons. The monoisotopic (exact) mass is 522 g/mol. The zero-order valence-electron chi connectivity index (χ0n) is 21.7. The minimum absolute atomic E-state index is 0.0139. The molecule has 0 spiro atoms. The van der Waals surface area contributed by atoms with Crippen molar-refractivity contribution in [3.63, 3.8) is 0 Å². The second-order valence-corrected chi connectivity index (χ2v) is 9.96. The highest BCUT2D eigenvalue weighted by molar-refractivity contribution is 7.99. The number of benzene rings is 3. The topological polar surface area (TPSA) is 58.6 Å². The van der Waals surface area contributed by atoms with Crippen LogP contribution < -0.4 is 10.1 Å². The molecule has 0 saturated heterocycles. The zero-order valence-corrected chi connectivity index (χ0v) is 22.5. The highest BCUT2D eigenvalue weighted by atomic mass is 32.2. The molecular weight excluding hydrogens is 487 g/mol. The Hall–Kier alpha value is -3.32. The van der Waals surface area contributed by atoms with Crippen LogP contribution in [-0.2, 0) is 28.3 Å². The summed E-state index contributed by atoms with van der Waals surface area (Å²) in [5, 5.41) is 3.03. The summed E-state index contributed by atoms with van der Waals surface area (Å²) in [4.78, 5) is 28.6. The van der Waals surface area contributed by atoms with Crippen LogP contribution in [0.15, 0.2) is 78.9 Å². The number of ether oxygens (including phenoxy) is 1. The Kier molecular flexibility index (Phi) is 11.0. The van der Waals surface area contributed by atoms with Crippen molar-refractivity contribution in [3.8, 4) is 5.75 Å². The third-order valence-electron chi connectivity index (χ3n) is 6.22. The second kappa shape index (κ2) is 14.4. The summed E-state index contributed by atoms with van der Waals surface area (Å²) < 4.78 is 19.9. The molecule has 0 aliphatic heterocycles. The van der Waals surface area contributed by atoms with Crippen molar-refractivity contribution in [1.29, 1.82) is 0 Å². The van der Waals surface area contributed by atoms with Gasteiger partial charge in [-0.05, 0) is 42.7 Å². The fourth-order valence-corrected chi connectivity index (χ4v) is 4.74. The van der Waals surface area contributed by atoms with Crippen LogP contribution in [0.1, 0.15) is 37.0 Å². The van der Waals surface area contributed by atoms with Gasteiger partial charge in [0, 0.05) is 30.3 Å². The van der Waals surface area contributed by atoms with Crippen LogP contribution >= 0.6 is 11.8 Å². The van der Waals surface area contributed by atoms with E-state index in [9.17, 15) is 14.0 Å². The van der Waals surface area contributed by atoms with Gasteiger partial charge in [0.25, 0.3) is 0 Å². The summed E-state index contributed by atoms with van der Waals surface area (Å²) in [6.07, 6.45) is 1.11. The predicted octanol–water partition coefficient (Wildman–Crippen LogP) is 5.62. The molecule has 0 unspecified atom stereocenters. The number of carbonyl (C=O) groups is 2. The molecule has 0 bridgehead atoms. The van der Waals surface area contributed by atoms with E-state index in [-0.39, 0.29) is 30.2 Å². The SMILES string of the molecule is CC[C@@H](C)NC(=O)[C@@H](Cc1ccccc1)N(Cc1ccccc1F)C(=O)CSCc1ccc(OC)cc1. The van der Waals surface area contributed by atoms with Crippen LogP contribution in [-0.4, -0.2) is 41.7 Å². The quantitative estimate of drug-likeness (QED) is 0.317. The molecule has 0 aliphatic carbocycles.